The fraction of sp³-hybridized carbons (Fsp3) is 0.538. The molecule has 2 aromatic rings. The normalized spacial score (nSPS) is 26.0. The van der Waals surface area contributed by atoms with Crippen LogP contribution >= 0.6 is 0 Å². The third-order valence-electron chi connectivity index (χ3n) is 4.05. The molecule has 3 heterocycles. The van der Waals surface area contributed by atoms with Crippen LogP contribution in [0.15, 0.2) is 12.7 Å². The Bertz CT molecular complexity index is 859. The molecule has 0 radical (unpaired) electrons. The number of ether oxygens (including phenoxy) is 1. The number of fused-ring (bicyclic) bond motifs is 1. The van der Waals surface area contributed by atoms with Gasteiger partial charge in [-0.1, -0.05) is 0 Å². The number of nitrogens with two attached hydrogens (primary N) is 1. The highest BCUT2D eigenvalue weighted by molar-refractivity contribution is 5.82. The van der Waals surface area contributed by atoms with Crippen molar-refractivity contribution in [1.29, 1.82) is 0 Å². The van der Waals surface area contributed by atoms with Gasteiger partial charge < -0.3 is 30.8 Å². The first-order chi connectivity index (χ1) is 12.8. The van der Waals surface area contributed by atoms with E-state index in [4.69, 9.17) is 10.5 Å². The lowest BCUT2D eigenvalue weighted by molar-refractivity contribution is -0.771. The fourth-order valence-corrected chi connectivity index (χ4v) is 2.87. The van der Waals surface area contributed by atoms with Crippen LogP contribution in [-0.4, -0.2) is 71.7 Å². The molecule has 0 aromatic carbocycles. The van der Waals surface area contributed by atoms with Crippen molar-refractivity contribution in [3.63, 3.8) is 0 Å². The standard InChI is InChI=1S/C13H17N7O7/c1-2-15-12(23)6(21)8-9(27-20(24)25)7(22)13(26-8)19-4-18-5-10(14)16-3-17-11(5)19/h3-4,6-9,13,21-22H,2H2,1H3,(H,15,23)(H2,14,16,17)/t6?,7?,8-,9?,13-/m1/s1. The van der Waals surface area contributed by atoms with Crippen molar-refractivity contribution in [2.24, 2.45) is 0 Å². The first-order valence-corrected chi connectivity index (χ1v) is 7.88. The molecule has 2 aromatic heterocycles. The zero-order valence-corrected chi connectivity index (χ0v) is 14.0. The Morgan fingerprint density at radius 1 is 1.56 bits per heavy atom. The number of nitrogens with zero attached hydrogens (tertiary/aromatic N) is 5. The Morgan fingerprint density at radius 3 is 2.96 bits per heavy atom. The van der Waals surface area contributed by atoms with Crippen molar-refractivity contribution in [3.8, 4) is 0 Å². The van der Waals surface area contributed by atoms with Crippen LogP contribution in [0.1, 0.15) is 13.2 Å². The lowest BCUT2D eigenvalue weighted by Gasteiger charge is -2.21. The van der Waals surface area contributed by atoms with Gasteiger partial charge in [-0.05, 0) is 6.92 Å². The number of likely N-dealkylation sites (N-methyl/N-ethyl adjacent to an activating group) is 1. The average molecular weight is 383 g/mol. The van der Waals surface area contributed by atoms with Crippen LogP contribution in [0.2, 0.25) is 0 Å². The predicted octanol–water partition coefficient (Wildman–Crippen LogP) is -2.26. The smallest absolute Gasteiger partial charge is 0.294 e. The summed E-state index contributed by atoms with van der Waals surface area (Å²) in [5, 5.41) is 32.7. The average Bonchev–Trinajstić information content (AvgIpc) is 3.17. The Labute approximate surface area is 151 Å². The molecule has 27 heavy (non-hydrogen) atoms. The molecule has 0 aliphatic carbocycles. The number of nitrogen functional groups attached to an aromatic ring is 1. The Morgan fingerprint density at radius 2 is 2.30 bits per heavy atom. The molecule has 3 rings (SSSR count). The number of aliphatic hydroxyl groups excluding tert-OH is 2. The number of anilines is 1. The molecule has 5 atom stereocenters. The highest BCUT2D eigenvalue weighted by atomic mass is 17.0. The first-order valence-electron chi connectivity index (χ1n) is 7.88. The topological polar surface area (TPSA) is 201 Å². The minimum absolute atomic E-state index is 0.0863. The number of aliphatic hydroxyl groups is 2. The maximum atomic E-state index is 11.9. The molecule has 5 N–H and O–H groups in total. The van der Waals surface area contributed by atoms with E-state index in [2.05, 4.69) is 25.1 Å². The van der Waals surface area contributed by atoms with Gasteiger partial charge in [0.25, 0.3) is 11.0 Å². The van der Waals surface area contributed by atoms with Crippen LogP contribution in [0.4, 0.5) is 5.82 Å². The van der Waals surface area contributed by atoms with Gasteiger partial charge in [-0.15, -0.1) is 10.1 Å². The highest BCUT2D eigenvalue weighted by Gasteiger charge is 2.52. The van der Waals surface area contributed by atoms with E-state index in [-0.39, 0.29) is 23.5 Å². The lowest BCUT2D eigenvalue weighted by atomic mass is 10.0. The van der Waals surface area contributed by atoms with E-state index < -0.39 is 41.6 Å². The minimum Gasteiger partial charge on any atom is -0.386 e. The molecule has 146 valence electrons. The number of carbonyl (C=O) groups excluding carboxylic acids is 1. The zero-order valence-electron chi connectivity index (χ0n) is 14.0. The van der Waals surface area contributed by atoms with E-state index in [1.54, 1.807) is 6.92 Å². The summed E-state index contributed by atoms with van der Waals surface area (Å²) in [6, 6.07) is 0. The molecule has 0 bridgehead atoms. The minimum atomic E-state index is -1.82. The summed E-state index contributed by atoms with van der Waals surface area (Å²) >= 11 is 0. The van der Waals surface area contributed by atoms with E-state index in [1.165, 1.54) is 17.2 Å². The Balaban J connectivity index is 1.96. The van der Waals surface area contributed by atoms with Gasteiger partial charge in [0.1, 0.15) is 24.1 Å². The molecule has 3 unspecified atom stereocenters. The zero-order chi connectivity index (χ0) is 19.7. The molecule has 1 saturated heterocycles. The highest BCUT2D eigenvalue weighted by Crippen LogP contribution is 2.35. The van der Waals surface area contributed by atoms with Gasteiger partial charge >= 0.3 is 0 Å². The number of aromatic nitrogens is 4. The molecule has 14 nitrogen and oxygen atoms in total. The molecular formula is C13H17N7O7. The number of nitrogens with one attached hydrogen (secondary N) is 1. The molecular weight excluding hydrogens is 366 g/mol. The van der Waals surface area contributed by atoms with E-state index in [0.29, 0.717) is 0 Å². The van der Waals surface area contributed by atoms with E-state index in [0.717, 1.165) is 0 Å². The molecule has 1 aliphatic heterocycles. The summed E-state index contributed by atoms with van der Waals surface area (Å²) < 4.78 is 6.80. The first kappa shape index (κ1) is 18.7. The largest absolute Gasteiger partial charge is 0.386 e. The van der Waals surface area contributed by atoms with Crippen LogP contribution < -0.4 is 11.1 Å². The van der Waals surface area contributed by atoms with Crippen molar-refractivity contribution in [2.75, 3.05) is 12.3 Å². The molecule has 1 fully saturated rings. The number of rotatable bonds is 6. The second-order valence-corrected chi connectivity index (χ2v) is 5.70. The SMILES string of the molecule is CCNC(=O)C(O)[C@H]1O[C@@H](n2cnc3c(N)ncnc32)C(O)C1O[N+](=O)[O-]. The van der Waals surface area contributed by atoms with Gasteiger partial charge in [0.2, 0.25) is 0 Å². The summed E-state index contributed by atoms with van der Waals surface area (Å²) in [5.74, 6) is -0.738. The number of hydrogen-bond donors (Lipinski definition) is 4. The quantitative estimate of drug-likeness (QED) is 0.310. The van der Waals surface area contributed by atoms with Gasteiger partial charge in [0, 0.05) is 6.54 Å². The summed E-state index contributed by atoms with van der Waals surface area (Å²) in [6.07, 6.45) is -5.43. The van der Waals surface area contributed by atoms with Gasteiger partial charge in [0.05, 0.1) is 6.33 Å². The lowest BCUT2D eigenvalue weighted by Crippen LogP contribution is -2.49. The monoisotopic (exact) mass is 383 g/mol. The van der Waals surface area contributed by atoms with Crippen LogP contribution in [0.25, 0.3) is 11.2 Å². The van der Waals surface area contributed by atoms with Crippen molar-refractivity contribution in [2.45, 2.75) is 37.6 Å². The van der Waals surface area contributed by atoms with E-state index in [9.17, 15) is 25.1 Å². The van der Waals surface area contributed by atoms with Crippen LogP contribution in [0, 0.1) is 10.1 Å². The summed E-state index contributed by atoms with van der Waals surface area (Å²) in [6.45, 7) is 1.85. The van der Waals surface area contributed by atoms with Gasteiger partial charge in [-0.3, -0.25) is 9.36 Å². The van der Waals surface area contributed by atoms with E-state index >= 15 is 0 Å². The molecule has 0 saturated carbocycles. The molecule has 1 aliphatic rings. The number of imidazole rings is 1. The van der Waals surface area contributed by atoms with Gasteiger partial charge in [0.15, 0.2) is 29.9 Å². The van der Waals surface area contributed by atoms with E-state index in [1.807, 2.05) is 0 Å². The maximum absolute atomic E-state index is 11.9. The Kier molecular flexibility index (Phi) is 5.02. The predicted molar refractivity (Wildman–Crippen MR) is 86.2 cm³/mol. The van der Waals surface area contributed by atoms with Crippen LogP contribution in [0.3, 0.4) is 0 Å². The summed E-state index contributed by atoms with van der Waals surface area (Å²) in [4.78, 5) is 39.0. The van der Waals surface area contributed by atoms with Crippen molar-refractivity contribution in [1.82, 2.24) is 24.8 Å². The summed E-state index contributed by atoms with van der Waals surface area (Å²) in [5.41, 5.74) is 6.13. The second kappa shape index (κ2) is 7.26. The molecule has 1 amide bonds. The number of hydrogen-bond acceptors (Lipinski definition) is 11. The number of carbonyl (C=O) groups is 1. The van der Waals surface area contributed by atoms with Crippen molar-refractivity contribution in [3.05, 3.63) is 22.8 Å². The second-order valence-electron chi connectivity index (χ2n) is 5.70. The Hall–Kier alpha value is -3.10. The molecule has 0 spiro atoms. The third-order valence-corrected chi connectivity index (χ3v) is 4.05. The van der Waals surface area contributed by atoms with Crippen molar-refractivity contribution >= 4 is 22.9 Å². The van der Waals surface area contributed by atoms with Gasteiger partial charge in [-0.25, -0.2) is 15.0 Å². The van der Waals surface area contributed by atoms with Gasteiger partial charge in [-0.2, -0.15) is 0 Å². The number of amides is 1. The third kappa shape index (κ3) is 3.32. The van der Waals surface area contributed by atoms with Crippen LogP contribution in [-0.2, 0) is 14.4 Å². The summed E-state index contributed by atoms with van der Waals surface area (Å²) in [7, 11) is 0. The maximum Gasteiger partial charge on any atom is 0.294 e. The van der Waals surface area contributed by atoms with Crippen LogP contribution in [0.5, 0.6) is 0 Å². The van der Waals surface area contributed by atoms with Crippen molar-refractivity contribution < 1.29 is 29.7 Å². The molecule has 14 heteroatoms. The fourth-order valence-electron chi connectivity index (χ4n) is 2.87.